The van der Waals surface area contributed by atoms with Crippen molar-refractivity contribution in [2.24, 2.45) is 5.92 Å². The molecule has 0 amide bonds. The van der Waals surface area contributed by atoms with Gasteiger partial charge in [-0.2, -0.15) is 18.4 Å². The van der Waals surface area contributed by atoms with Crippen LogP contribution in [0, 0.1) is 17.2 Å². The van der Waals surface area contributed by atoms with E-state index in [4.69, 9.17) is 5.26 Å². The van der Waals surface area contributed by atoms with Gasteiger partial charge in [0.25, 0.3) is 6.35 Å². The molecule has 6 nitrogen and oxygen atoms in total. The molecule has 204 valence electrons. The van der Waals surface area contributed by atoms with Gasteiger partial charge in [0.15, 0.2) is 0 Å². The van der Waals surface area contributed by atoms with Gasteiger partial charge >= 0.3 is 12.5 Å². The zero-order chi connectivity index (χ0) is 28.1. The van der Waals surface area contributed by atoms with E-state index < -0.39 is 36.6 Å². The van der Waals surface area contributed by atoms with E-state index in [0.29, 0.717) is 21.8 Å². The second-order valence-corrected chi connectivity index (χ2v) is 8.85. The number of likely N-dealkylation sites (N-methyl/N-ethyl adjacent to an activating group) is 1. The number of quaternary nitrogens is 1. The molecule has 0 spiro atoms. The molecule has 1 aliphatic carbocycles. The number of nitrogens with one attached hydrogen (secondary N) is 2. The first-order valence-electron chi connectivity index (χ1n) is 11.6. The Morgan fingerprint density at radius 1 is 1.11 bits per heavy atom. The highest BCUT2D eigenvalue weighted by atomic mass is 19.4. The van der Waals surface area contributed by atoms with Crippen molar-refractivity contribution in [1.29, 1.82) is 5.26 Å². The zero-order valence-corrected chi connectivity index (χ0v) is 20.5. The van der Waals surface area contributed by atoms with E-state index in [1.807, 2.05) is 6.07 Å². The maximum absolute atomic E-state index is 13.5. The van der Waals surface area contributed by atoms with Gasteiger partial charge in [-0.1, -0.05) is 30.4 Å². The fourth-order valence-electron chi connectivity index (χ4n) is 4.03. The summed E-state index contributed by atoms with van der Waals surface area (Å²) in [6.07, 6.45) is -6.12. The zero-order valence-electron chi connectivity index (χ0n) is 20.5. The van der Waals surface area contributed by atoms with Crippen molar-refractivity contribution in [3.8, 4) is 11.8 Å². The van der Waals surface area contributed by atoms with Gasteiger partial charge in [0.2, 0.25) is 0 Å². The summed E-state index contributed by atoms with van der Waals surface area (Å²) >= 11 is 0. The lowest BCUT2D eigenvalue weighted by atomic mass is 9.89. The third-order valence-electron chi connectivity index (χ3n) is 6.22. The van der Waals surface area contributed by atoms with E-state index in [2.05, 4.69) is 10.1 Å². The molecule has 38 heavy (non-hydrogen) atoms. The van der Waals surface area contributed by atoms with Crippen molar-refractivity contribution in [2.45, 2.75) is 37.8 Å². The van der Waals surface area contributed by atoms with Gasteiger partial charge in [0, 0.05) is 12.7 Å². The van der Waals surface area contributed by atoms with Gasteiger partial charge in [-0.25, -0.2) is 5.01 Å². The summed E-state index contributed by atoms with van der Waals surface area (Å²) in [5.41, 5.74) is 1.95. The Morgan fingerprint density at radius 2 is 1.74 bits per heavy atom. The molecule has 2 aromatic carbocycles. The Bertz CT molecular complexity index is 1170. The van der Waals surface area contributed by atoms with Crippen LogP contribution < -0.4 is 15.1 Å². The molecule has 2 aromatic rings. The van der Waals surface area contributed by atoms with Crippen molar-refractivity contribution in [2.75, 3.05) is 19.4 Å². The highest BCUT2D eigenvalue weighted by molar-refractivity contribution is 5.46. The minimum Gasteiger partial charge on any atom is -0.406 e. The van der Waals surface area contributed by atoms with Gasteiger partial charge in [0.1, 0.15) is 5.75 Å². The smallest absolute Gasteiger partial charge is 0.406 e. The van der Waals surface area contributed by atoms with Crippen LogP contribution in [0.25, 0.3) is 0 Å². The molecule has 0 aromatic heterocycles. The first-order chi connectivity index (χ1) is 17.8. The summed E-state index contributed by atoms with van der Waals surface area (Å²) in [4.78, 5) is 0. The number of rotatable bonds is 9. The summed E-state index contributed by atoms with van der Waals surface area (Å²) in [5, 5.41) is 24.6. The van der Waals surface area contributed by atoms with Gasteiger partial charge in [-0.3, -0.25) is 0 Å². The Hall–Kier alpha value is -3.53. The largest absolute Gasteiger partial charge is 0.573 e. The van der Waals surface area contributed by atoms with Crippen LogP contribution in [-0.4, -0.2) is 49.1 Å². The van der Waals surface area contributed by atoms with Crippen LogP contribution in [0.4, 0.5) is 32.0 Å². The fraction of sp³-hybridized carbons (Fsp3) is 0.346. The topological polar surface area (TPSA) is 73.0 Å². The number of alkyl halides is 6. The van der Waals surface area contributed by atoms with Crippen LogP contribution in [0.15, 0.2) is 72.3 Å². The second-order valence-electron chi connectivity index (χ2n) is 8.85. The molecule has 0 radical (unpaired) electrons. The molecule has 3 rings (SSSR count). The number of aliphatic hydroxyl groups excluding tert-OH is 1. The SMILES string of the molecule is CN(C(Cc1ccc(C#N)cc1)C1=CC(C(F)(F)F)CC=C1)[NH+](C)C(O)Nc1ccc(OC(F)(F)F)cc1. The molecule has 0 fully saturated rings. The Balaban J connectivity index is 1.81. The monoisotopic (exact) mass is 541 g/mol. The number of hydrogen-bond donors (Lipinski definition) is 3. The number of ether oxygens (including phenoxy) is 1. The number of halogens is 6. The molecule has 12 heteroatoms. The van der Waals surface area contributed by atoms with Gasteiger partial charge in [0.05, 0.1) is 30.6 Å². The molecular weight excluding hydrogens is 514 g/mol. The summed E-state index contributed by atoms with van der Waals surface area (Å²) < 4.78 is 81.5. The lowest BCUT2D eigenvalue weighted by Gasteiger charge is -2.36. The number of aliphatic hydroxyl groups is 1. The number of benzene rings is 2. The van der Waals surface area contributed by atoms with Gasteiger partial charge < -0.3 is 15.2 Å². The second kappa shape index (κ2) is 11.9. The molecule has 0 saturated carbocycles. The summed E-state index contributed by atoms with van der Waals surface area (Å²) in [6.45, 7) is 0. The van der Waals surface area contributed by atoms with Gasteiger partial charge in [-0.15, -0.1) is 18.2 Å². The maximum atomic E-state index is 13.5. The minimum atomic E-state index is -4.83. The number of anilines is 1. The highest BCUT2D eigenvalue weighted by Gasteiger charge is 2.40. The first kappa shape index (κ1) is 29.0. The van der Waals surface area contributed by atoms with Crippen molar-refractivity contribution in [1.82, 2.24) is 5.01 Å². The summed E-state index contributed by atoms with van der Waals surface area (Å²) in [6, 6.07) is 12.9. The number of nitrogens with zero attached hydrogens (tertiary/aromatic N) is 2. The highest BCUT2D eigenvalue weighted by Crippen LogP contribution is 2.35. The number of allylic oxidation sites excluding steroid dienone is 2. The van der Waals surface area contributed by atoms with Crippen LogP contribution in [0.2, 0.25) is 0 Å². The maximum Gasteiger partial charge on any atom is 0.573 e. The quantitative estimate of drug-likeness (QED) is 0.253. The van der Waals surface area contributed by atoms with Crippen molar-refractivity contribution >= 4 is 5.69 Å². The molecule has 3 N–H and O–H groups in total. The van der Waals surface area contributed by atoms with E-state index in [0.717, 1.165) is 17.7 Å². The lowest BCUT2D eigenvalue weighted by Crippen LogP contribution is -3.20. The van der Waals surface area contributed by atoms with Crippen molar-refractivity contribution in [3.63, 3.8) is 0 Å². The number of nitriles is 1. The summed E-state index contributed by atoms with van der Waals surface area (Å²) in [5.74, 6) is -2.06. The normalized spacial score (nSPS) is 18.3. The fourth-order valence-corrected chi connectivity index (χ4v) is 4.03. The molecule has 0 saturated heterocycles. The van der Waals surface area contributed by atoms with Crippen LogP contribution in [-0.2, 0) is 6.42 Å². The Kier molecular flexibility index (Phi) is 9.09. The predicted molar refractivity (Wildman–Crippen MR) is 127 cm³/mol. The third-order valence-corrected chi connectivity index (χ3v) is 6.22. The molecule has 4 unspecified atom stereocenters. The lowest BCUT2D eigenvalue weighted by molar-refractivity contribution is -1.03. The number of hydrogen-bond acceptors (Lipinski definition) is 5. The van der Waals surface area contributed by atoms with Crippen LogP contribution in [0.1, 0.15) is 17.5 Å². The Morgan fingerprint density at radius 3 is 2.29 bits per heavy atom. The van der Waals surface area contributed by atoms with Crippen LogP contribution >= 0.6 is 0 Å². The van der Waals surface area contributed by atoms with E-state index in [-0.39, 0.29) is 12.8 Å². The first-order valence-corrected chi connectivity index (χ1v) is 11.6. The average Bonchev–Trinajstić information content (AvgIpc) is 2.86. The Labute approximate surface area is 216 Å². The molecule has 4 atom stereocenters. The predicted octanol–water partition coefficient (Wildman–Crippen LogP) is 4.18. The van der Waals surface area contributed by atoms with Gasteiger partial charge in [-0.05, 0) is 60.4 Å². The molecule has 0 bridgehead atoms. The minimum absolute atomic E-state index is 0.165. The molecular formula is C26H27F6N4O2+. The van der Waals surface area contributed by atoms with E-state index in [1.54, 1.807) is 49.4 Å². The van der Waals surface area contributed by atoms with E-state index in [9.17, 15) is 31.4 Å². The van der Waals surface area contributed by atoms with E-state index in [1.165, 1.54) is 24.3 Å². The van der Waals surface area contributed by atoms with Crippen molar-refractivity contribution < 1.29 is 41.2 Å². The van der Waals surface area contributed by atoms with Crippen LogP contribution in [0.5, 0.6) is 5.75 Å². The standard InChI is InChI=1S/C26H26F6N4O2/c1-35(36(2)24(37)34-21-10-12-22(13-11-21)38-26(30,31)32)23(14-17-6-8-18(16-33)9-7-17)19-4-3-5-20(15-19)25(27,28)29/h3-4,6-13,15,20,23-24,34,37H,5,14H2,1-2H3/p+1. The third kappa shape index (κ3) is 7.98. The summed E-state index contributed by atoms with van der Waals surface area (Å²) in [7, 11) is 3.24. The molecule has 0 heterocycles. The van der Waals surface area contributed by atoms with E-state index >= 15 is 0 Å². The van der Waals surface area contributed by atoms with Crippen LogP contribution in [0.3, 0.4) is 0 Å². The molecule has 1 aliphatic rings. The van der Waals surface area contributed by atoms with Crippen molar-refractivity contribution in [3.05, 3.63) is 83.5 Å². The average molecular weight is 542 g/mol. The molecule has 0 aliphatic heterocycles.